The molecule has 0 heterocycles. The van der Waals surface area contributed by atoms with Crippen LogP contribution in [0.15, 0.2) is 10.3 Å². The van der Waals surface area contributed by atoms with Crippen molar-refractivity contribution < 1.29 is 10.4 Å². The molecule has 2 N–H and O–H groups in total. The highest BCUT2D eigenvalue weighted by Gasteiger charge is 2.59. The third kappa shape index (κ3) is 2.02. The Labute approximate surface area is 139 Å². The smallest absolute Gasteiger partial charge is 0.0632 e. The van der Waals surface area contributed by atoms with Crippen molar-refractivity contribution in [1.82, 2.24) is 0 Å². The molecule has 4 nitrogen and oxygen atoms in total. The predicted octanol–water partition coefficient (Wildman–Crippen LogP) is 4.69. The topological polar surface area (TPSA) is 65.2 Å². The third-order valence-corrected chi connectivity index (χ3v) is 8.50. The van der Waals surface area contributed by atoms with Gasteiger partial charge in [0.1, 0.15) is 0 Å². The summed E-state index contributed by atoms with van der Waals surface area (Å²) in [6, 6.07) is 0. The van der Waals surface area contributed by atoms with Crippen LogP contribution in [-0.4, -0.2) is 21.8 Å². The second kappa shape index (κ2) is 5.22. The van der Waals surface area contributed by atoms with Crippen LogP contribution in [0, 0.1) is 34.5 Å². The summed E-state index contributed by atoms with van der Waals surface area (Å²) in [4.78, 5) is 0. The maximum Gasteiger partial charge on any atom is 0.0632 e. The van der Waals surface area contributed by atoms with Crippen LogP contribution in [0.25, 0.3) is 0 Å². The Balaban J connectivity index is 1.63. The molecule has 128 valence electrons. The van der Waals surface area contributed by atoms with Crippen molar-refractivity contribution in [3.05, 3.63) is 0 Å². The Morgan fingerprint density at radius 1 is 0.913 bits per heavy atom. The Morgan fingerprint density at radius 3 is 2.48 bits per heavy atom. The minimum Gasteiger partial charge on any atom is -0.411 e. The molecule has 0 bridgehead atoms. The lowest BCUT2D eigenvalue weighted by molar-refractivity contribution is -0.0819. The first-order chi connectivity index (χ1) is 11.0. The predicted molar refractivity (Wildman–Crippen MR) is 90.2 cm³/mol. The highest BCUT2D eigenvalue weighted by Crippen LogP contribution is 2.65. The summed E-state index contributed by atoms with van der Waals surface area (Å²) in [6.45, 7) is 4.86. The molecule has 0 aromatic carbocycles. The van der Waals surface area contributed by atoms with Gasteiger partial charge in [-0.25, -0.2) is 0 Å². The Kier molecular flexibility index (Phi) is 3.51. The standard InChI is InChI=1S/C19H30N2O2/c1-18-9-7-13(20-22)11-12(18)3-4-14-15-5-6-17(21-23)19(15,2)10-8-16(14)18/h12,14-16,22-23H,3-11H2,1-2H3/b20-13-,21-17-/t12-,14+,15-,16+,18-,19-/m0/s1. The molecular weight excluding hydrogens is 288 g/mol. The molecule has 0 saturated heterocycles. The van der Waals surface area contributed by atoms with E-state index in [1.165, 1.54) is 38.5 Å². The van der Waals surface area contributed by atoms with Gasteiger partial charge in [0.25, 0.3) is 0 Å². The molecule has 4 heteroatoms. The molecule has 0 radical (unpaired) electrons. The van der Waals surface area contributed by atoms with E-state index in [4.69, 9.17) is 5.21 Å². The summed E-state index contributed by atoms with van der Waals surface area (Å²) < 4.78 is 0. The molecule has 0 spiro atoms. The van der Waals surface area contributed by atoms with Crippen LogP contribution >= 0.6 is 0 Å². The number of hydrogen-bond acceptors (Lipinski definition) is 4. The van der Waals surface area contributed by atoms with Gasteiger partial charge in [-0.2, -0.15) is 0 Å². The number of nitrogens with zero attached hydrogens (tertiary/aromatic N) is 2. The van der Waals surface area contributed by atoms with E-state index in [-0.39, 0.29) is 5.41 Å². The Bertz CT molecular complexity index is 558. The normalized spacial score (nSPS) is 53.0. The lowest BCUT2D eigenvalue weighted by atomic mass is 9.45. The fourth-order valence-electron chi connectivity index (χ4n) is 7.10. The highest BCUT2D eigenvalue weighted by atomic mass is 16.4. The first-order valence-electron chi connectivity index (χ1n) is 9.44. The lowest BCUT2D eigenvalue weighted by Gasteiger charge is -2.59. The Hall–Kier alpha value is -1.06. The first kappa shape index (κ1) is 15.5. The summed E-state index contributed by atoms with van der Waals surface area (Å²) in [5.74, 6) is 3.00. The third-order valence-electron chi connectivity index (χ3n) is 8.50. The molecule has 4 saturated carbocycles. The van der Waals surface area contributed by atoms with Gasteiger partial charge in [-0.05, 0) is 86.9 Å². The summed E-state index contributed by atoms with van der Waals surface area (Å²) >= 11 is 0. The fourth-order valence-corrected chi connectivity index (χ4v) is 7.10. The fraction of sp³-hybridized carbons (Fsp3) is 0.895. The van der Waals surface area contributed by atoms with E-state index in [1.807, 2.05) is 0 Å². The molecule has 4 rings (SSSR count). The van der Waals surface area contributed by atoms with Crippen LogP contribution in [0.1, 0.15) is 71.6 Å². The second-order valence-corrected chi connectivity index (χ2v) is 9.07. The molecule has 0 aromatic heterocycles. The van der Waals surface area contributed by atoms with E-state index in [2.05, 4.69) is 24.2 Å². The van der Waals surface area contributed by atoms with Gasteiger partial charge >= 0.3 is 0 Å². The zero-order valence-electron chi connectivity index (χ0n) is 14.5. The average Bonchev–Trinajstić information content (AvgIpc) is 2.90. The summed E-state index contributed by atoms with van der Waals surface area (Å²) in [5.41, 5.74) is 2.64. The lowest BCUT2D eigenvalue weighted by Crippen LogP contribution is -2.53. The highest BCUT2D eigenvalue weighted by molar-refractivity contribution is 5.92. The molecule has 0 unspecified atom stereocenters. The maximum atomic E-state index is 9.41. The van der Waals surface area contributed by atoms with Crippen LogP contribution in [0.3, 0.4) is 0 Å². The van der Waals surface area contributed by atoms with Gasteiger partial charge in [-0.15, -0.1) is 0 Å². The van der Waals surface area contributed by atoms with Crippen LogP contribution in [0.2, 0.25) is 0 Å². The molecular formula is C19H30N2O2. The van der Waals surface area contributed by atoms with Crippen LogP contribution < -0.4 is 0 Å². The van der Waals surface area contributed by atoms with Gasteiger partial charge in [0.2, 0.25) is 0 Å². The monoisotopic (exact) mass is 318 g/mol. The van der Waals surface area contributed by atoms with Crippen LogP contribution in [0.4, 0.5) is 0 Å². The van der Waals surface area contributed by atoms with E-state index < -0.39 is 0 Å². The molecule has 6 atom stereocenters. The minimum atomic E-state index is 0.144. The van der Waals surface area contributed by atoms with Gasteiger partial charge in [0.05, 0.1) is 11.4 Å². The van der Waals surface area contributed by atoms with Crippen molar-refractivity contribution >= 4 is 11.4 Å². The molecule has 0 amide bonds. The van der Waals surface area contributed by atoms with Crippen molar-refractivity contribution in [2.75, 3.05) is 0 Å². The maximum absolute atomic E-state index is 9.41. The molecule has 23 heavy (non-hydrogen) atoms. The van der Waals surface area contributed by atoms with Crippen molar-refractivity contribution in [2.24, 2.45) is 44.8 Å². The van der Waals surface area contributed by atoms with Crippen molar-refractivity contribution in [3.63, 3.8) is 0 Å². The van der Waals surface area contributed by atoms with Gasteiger partial charge in [-0.1, -0.05) is 24.2 Å². The summed E-state index contributed by atoms with van der Waals surface area (Å²) in [5, 5.41) is 25.8. The molecule has 4 fully saturated rings. The minimum absolute atomic E-state index is 0.144. The number of fused-ring (bicyclic) bond motifs is 5. The zero-order chi connectivity index (χ0) is 16.2. The SMILES string of the molecule is C[C@]12CC/C(=N/O)C[C@@H]1CC[C@H]1[C@H]2CC[C@]2(C)/C(=N\O)CC[C@@H]12. The zero-order valence-corrected chi connectivity index (χ0v) is 14.5. The van der Waals surface area contributed by atoms with E-state index in [0.717, 1.165) is 42.5 Å². The second-order valence-electron chi connectivity index (χ2n) is 9.07. The number of rotatable bonds is 0. The average molecular weight is 318 g/mol. The van der Waals surface area contributed by atoms with E-state index in [0.29, 0.717) is 17.3 Å². The molecule has 0 aliphatic heterocycles. The van der Waals surface area contributed by atoms with E-state index in [1.54, 1.807) is 0 Å². The van der Waals surface area contributed by atoms with Crippen molar-refractivity contribution in [2.45, 2.75) is 71.6 Å². The van der Waals surface area contributed by atoms with E-state index >= 15 is 0 Å². The molecule has 4 aliphatic carbocycles. The van der Waals surface area contributed by atoms with Crippen LogP contribution in [0.5, 0.6) is 0 Å². The van der Waals surface area contributed by atoms with Crippen molar-refractivity contribution in [3.8, 4) is 0 Å². The van der Waals surface area contributed by atoms with Gasteiger partial charge < -0.3 is 10.4 Å². The summed E-state index contributed by atoms with van der Waals surface area (Å²) in [6.07, 6.45) is 10.4. The Morgan fingerprint density at radius 2 is 1.74 bits per heavy atom. The molecule has 4 aliphatic rings. The van der Waals surface area contributed by atoms with Crippen LogP contribution in [-0.2, 0) is 0 Å². The van der Waals surface area contributed by atoms with Gasteiger partial charge in [0, 0.05) is 5.41 Å². The number of hydrogen-bond donors (Lipinski definition) is 2. The first-order valence-corrected chi connectivity index (χ1v) is 9.44. The van der Waals surface area contributed by atoms with Gasteiger partial charge in [-0.3, -0.25) is 0 Å². The molecule has 0 aromatic rings. The summed E-state index contributed by atoms with van der Waals surface area (Å²) in [7, 11) is 0. The largest absolute Gasteiger partial charge is 0.411 e. The van der Waals surface area contributed by atoms with Crippen molar-refractivity contribution in [1.29, 1.82) is 0 Å². The van der Waals surface area contributed by atoms with Gasteiger partial charge in [0.15, 0.2) is 0 Å². The number of oxime groups is 2. The van der Waals surface area contributed by atoms with E-state index in [9.17, 15) is 5.21 Å². The quantitative estimate of drug-likeness (QED) is 0.502.